The van der Waals surface area contributed by atoms with Crippen molar-refractivity contribution in [2.45, 2.75) is 18.9 Å². The van der Waals surface area contributed by atoms with Crippen molar-refractivity contribution in [3.8, 4) is 0 Å². The predicted octanol–water partition coefficient (Wildman–Crippen LogP) is 2.71. The Kier molecular flexibility index (Phi) is 3.92. The van der Waals surface area contributed by atoms with Gasteiger partial charge in [0.2, 0.25) is 5.91 Å². The first-order valence-electron chi connectivity index (χ1n) is 5.58. The van der Waals surface area contributed by atoms with E-state index in [0.29, 0.717) is 22.3 Å². The molecule has 92 valence electrons. The number of rotatable bonds is 2. The molecule has 3 nitrogen and oxygen atoms in total. The van der Waals surface area contributed by atoms with Gasteiger partial charge in [-0.2, -0.15) is 0 Å². The molecule has 1 fully saturated rings. The molecule has 2 rings (SSSR count). The summed E-state index contributed by atoms with van der Waals surface area (Å²) >= 11 is 12.1. The monoisotopic (exact) mass is 272 g/mol. The third-order valence-electron chi connectivity index (χ3n) is 3.01. The van der Waals surface area contributed by atoms with Crippen LogP contribution in [0.3, 0.4) is 0 Å². The fourth-order valence-electron chi connectivity index (χ4n) is 2.08. The summed E-state index contributed by atoms with van der Waals surface area (Å²) in [5, 5.41) is 3.94. The molecule has 5 heteroatoms. The maximum Gasteiger partial charge on any atom is 0.244 e. The molecule has 1 aliphatic heterocycles. The molecule has 1 heterocycles. The SMILES string of the molecule is CNC1CCCN(c2cccc(Cl)c2Cl)C1=O. The summed E-state index contributed by atoms with van der Waals surface area (Å²) in [5.41, 5.74) is 0.698. The molecule has 0 radical (unpaired) electrons. The quantitative estimate of drug-likeness (QED) is 0.898. The van der Waals surface area contributed by atoms with Crippen molar-refractivity contribution in [1.82, 2.24) is 5.32 Å². The fourth-order valence-corrected chi connectivity index (χ4v) is 2.48. The number of hydrogen-bond acceptors (Lipinski definition) is 2. The van der Waals surface area contributed by atoms with E-state index in [1.165, 1.54) is 0 Å². The van der Waals surface area contributed by atoms with E-state index in [4.69, 9.17) is 23.2 Å². The normalized spacial score (nSPS) is 20.8. The lowest BCUT2D eigenvalue weighted by Crippen LogP contribution is -2.49. The van der Waals surface area contributed by atoms with Crippen LogP contribution in [-0.2, 0) is 4.79 Å². The highest BCUT2D eigenvalue weighted by Gasteiger charge is 2.29. The van der Waals surface area contributed by atoms with Crippen LogP contribution in [0.2, 0.25) is 10.0 Å². The van der Waals surface area contributed by atoms with E-state index in [0.717, 1.165) is 12.8 Å². The molecule has 1 unspecified atom stereocenters. The second-order valence-electron chi connectivity index (χ2n) is 4.05. The van der Waals surface area contributed by atoms with Gasteiger partial charge in [0.25, 0.3) is 0 Å². The summed E-state index contributed by atoms with van der Waals surface area (Å²) in [6, 6.07) is 5.22. The van der Waals surface area contributed by atoms with Gasteiger partial charge in [-0.3, -0.25) is 4.79 Å². The third-order valence-corrected chi connectivity index (χ3v) is 3.82. The number of carbonyl (C=O) groups is 1. The Morgan fingerprint density at radius 2 is 2.18 bits per heavy atom. The minimum absolute atomic E-state index is 0.0583. The van der Waals surface area contributed by atoms with Crippen LogP contribution in [0.1, 0.15) is 12.8 Å². The second-order valence-corrected chi connectivity index (χ2v) is 4.83. The molecule has 1 amide bonds. The van der Waals surface area contributed by atoms with Crippen molar-refractivity contribution in [2.24, 2.45) is 0 Å². The topological polar surface area (TPSA) is 32.3 Å². The Bertz CT molecular complexity index is 437. The van der Waals surface area contributed by atoms with E-state index in [2.05, 4.69) is 5.32 Å². The van der Waals surface area contributed by atoms with Gasteiger partial charge in [0.05, 0.1) is 21.8 Å². The van der Waals surface area contributed by atoms with Crippen molar-refractivity contribution in [1.29, 1.82) is 0 Å². The summed E-state index contributed by atoms with van der Waals surface area (Å²) < 4.78 is 0. The smallest absolute Gasteiger partial charge is 0.244 e. The average molecular weight is 273 g/mol. The van der Waals surface area contributed by atoms with E-state index < -0.39 is 0 Å². The molecular formula is C12H14Cl2N2O. The van der Waals surface area contributed by atoms with Crippen LogP contribution in [-0.4, -0.2) is 25.5 Å². The van der Waals surface area contributed by atoms with Gasteiger partial charge in [-0.25, -0.2) is 0 Å². The molecule has 1 N–H and O–H groups in total. The Morgan fingerprint density at radius 1 is 1.41 bits per heavy atom. The van der Waals surface area contributed by atoms with Crippen LogP contribution in [0.15, 0.2) is 18.2 Å². The van der Waals surface area contributed by atoms with E-state index in [1.807, 2.05) is 6.07 Å². The molecule has 0 aromatic heterocycles. The number of piperidine rings is 1. The molecule has 0 aliphatic carbocycles. The van der Waals surface area contributed by atoms with Crippen LogP contribution < -0.4 is 10.2 Å². The summed E-state index contributed by atoms with van der Waals surface area (Å²) in [6.07, 6.45) is 1.82. The van der Waals surface area contributed by atoms with Crippen molar-refractivity contribution in [3.63, 3.8) is 0 Å². The lowest BCUT2D eigenvalue weighted by molar-refractivity contribution is -0.121. The largest absolute Gasteiger partial charge is 0.310 e. The number of amides is 1. The summed E-state index contributed by atoms with van der Waals surface area (Å²) in [5.74, 6) is 0.0583. The maximum atomic E-state index is 12.2. The lowest BCUT2D eigenvalue weighted by Gasteiger charge is -2.32. The highest BCUT2D eigenvalue weighted by Crippen LogP contribution is 2.34. The number of benzene rings is 1. The number of hydrogen-bond donors (Lipinski definition) is 1. The van der Waals surface area contributed by atoms with Gasteiger partial charge in [-0.1, -0.05) is 29.3 Å². The molecule has 1 aromatic carbocycles. The molecule has 0 saturated carbocycles. The zero-order chi connectivity index (χ0) is 12.4. The molecule has 0 spiro atoms. The van der Waals surface area contributed by atoms with Crippen molar-refractivity contribution in [2.75, 3.05) is 18.5 Å². The zero-order valence-corrected chi connectivity index (χ0v) is 11.1. The van der Waals surface area contributed by atoms with Crippen LogP contribution in [0.4, 0.5) is 5.69 Å². The van der Waals surface area contributed by atoms with Gasteiger partial charge in [-0.15, -0.1) is 0 Å². The minimum Gasteiger partial charge on any atom is -0.310 e. The molecule has 1 aliphatic rings. The first kappa shape index (κ1) is 12.7. The van der Waals surface area contributed by atoms with Crippen molar-refractivity contribution < 1.29 is 4.79 Å². The van der Waals surface area contributed by atoms with E-state index in [-0.39, 0.29) is 11.9 Å². The third kappa shape index (κ3) is 2.41. The van der Waals surface area contributed by atoms with Gasteiger partial charge in [0.15, 0.2) is 0 Å². The number of carbonyl (C=O) groups excluding carboxylic acids is 1. The standard InChI is InChI=1S/C12H14Cl2N2O/c1-15-9-5-3-7-16(12(9)17)10-6-2-4-8(13)11(10)14/h2,4,6,9,15H,3,5,7H2,1H3. The molecule has 17 heavy (non-hydrogen) atoms. The first-order valence-corrected chi connectivity index (χ1v) is 6.33. The maximum absolute atomic E-state index is 12.2. The van der Waals surface area contributed by atoms with E-state index in [9.17, 15) is 4.79 Å². The Balaban J connectivity index is 2.33. The predicted molar refractivity (Wildman–Crippen MR) is 70.9 cm³/mol. The van der Waals surface area contributed by atoms with E-state index >= 15 is 0 Å². The summed E-state index contributed by atoms with van der Waals surface area (Å²) in [4.78, 5) is 13.9. The van der Waals surface area contributed by atoms with Gasteiger partial charge in [0, 0.05) is 6.54 Å². The number of halogens is 2. The summed E-state index contributed by atoms with van der Waals surface area (Å²) in [7, 11) is 1.80. The van der Waals surface area contributed by atoms with Crippen LogP contribution >= 0.6 is 23.2 Å². The van der Waals surface area contributed by atoms with Gasteiger partial charge >= 0.3 is 0 Å². The Labute approximate surface area is 111 Å². The molecule has 1 saturated heterocycles. The highest BCUT2D eigenvalue weighted by atomic mass is 35.5. The summed E-state index contributed by atoms with van der Waals surface area (Å²) in [6.45, 7) is 0.692. The van der Waals surface area contributed by atoms with Crippen LogP contribution in [0.25, 0.3) is 0 Å². The number of anilines is 1. The fraction of sp³-hybridized carbons (Fsp3) is 0.417. The number of likely N-dealkylation sites (N-methyl/N-ethyl adjacent to an activating group) is 1. The molecule has 1 atom stereocenters. The second kappa shape index (κ2) is 5.25. The molecule has 0 bridgehead atoms. The first-order chi connectivity index (χ1) is 8.15. The Morgan fingerprint density at radius 3 is 2.88 bits per heavy atom. The van der Waals surface area contributed by atoms with Gasteiger partial charge in [-0.05, 0) is 32.0 Å². The molecular weight excluding hydrogens is 259 g/mol. The van der Waals surface area contributed by atoms with Crippen molar-refractivity contribution >= 4 is 34.8 Å². The van der Waals surface area contributed by atoms with Crippen LogP contribution in [0.5, 0.6) is 0 Å². The van der Waals surface area contributed by atoms with Gasteiger partial charge in [0.1, 0.15) is 0 Å². The molecule has 1 aromatic rings. The minimum atomic E-state index is -0.126. The van der Waals surface area contributed by atoms with Gasteiger partial charge < -0.3 is 10.2 Å². The lowest BCUT2D eigenvalue weighted by atomic mass is 10.0. The zero-order valence-electron chi connectivity index (χ0n) is 9.54. The average Bonchev–Trinajstić information content (AvgIpc) is 2.33. The highest BCUT2D eigenvalue weighted by molar-refractivity contribution is 6.44. The Hall–Kier alpha value is -0.770. The number of nitrogens with one attached hydrogen (secondary N) is 1. The number of nitrogens with zero attached hydrogens (tertiary/aromatic N) is 1. The van der Waals surface area contributed by atoms with Crippen LogP contribution in [0, 0.1) is 0 Å². The van der Waals surface area contributed by atoms with E-state index in [1.54, 1.807) is 24.1 Å². The van der Waals surface area contributed by atoms with Crippen molar-refractivity contribution in [3.05, 3.63) is 28.2 Å².